The summed E-state index contributed by atoms with van der Waals surface area (Å²) in [4.78, 5) is 6.48. The monoisotopic (exact) mass is 282 g/mol. The van der Waals surface area contributed by atoms with Crippen molar-refractivity contribution in [1.82, 2.24) is 4.98 Å². The fourth-order valence-electron chi connectivity index (χ4n) is 2.76. The maximum absolute atomic E-state index is 8.74. The molecule has 2 heterocycles. The van der Waals surface area contributed by atoms with Crippen molar-refractivity contribution in [3.05, 3.63) is 59.4 Å². The van der Waals surface area contributed by atoms with Crippen molar-refractivity contribution in [2.24, 2.45) is 10.9 Å². The molecule has 5 heteroatoms. The molecule has 0 atom stereocenters. The molecule has 1 aromatic carbocycles. The van der Waals surface area contributed by atoms with Crippen LogP contribution >= 0.6 is 0 Å². The summed E-state index contributed by atoms with van der Waals surface area (Å²) in [7, 11) is 0. The molecule has 5 nitrogen and oxygen atoms in total. The van der Waals surface area contributed by atoms with E-state index in [0.717, 1.165) is 31.5 Å². The maximum atomic E-state index is 8.74. The SMILES string of the molecule is NC(=NO)c1cc(CN2CCCc3ccccc32)ccn1. The van der Waals surface area contributed by atoms with Crippen molar-refractivity contribution in [2.45, 2.75) is 19.4 Å². The highest BCUT2D eigenvalue weighted by atomic mass is 16.4. The van der Waals surface area contributed by atoms with Crippen LogP contribution in [0.1, 0.15) is 23.2 Å². The number of fused-ring (bicyclic) bond motifs is 1. The van der Waals surface area contributed by atoms with Gasteiger partial charge < -0.3 is 15.8 Å². The first kappa shape index (κ1) is 13.4. The second-order valence-electron chi connectivity index (χ2n) is 5.19. The molecule has 1 aliphatic rings. The first-order valence-electron chi connectivity index (χ1n) is 7.03. The van der Waals surface area contributed by atoms with Gasteiger partial charge in [-0.2, -0.15) is 0 Å². The van der Waals surface area contributed by atoms with Crippen LogP contribution in [-0.4, -0.2) is 22.6 Å². The van der Waals surface area contributed by atoms with Crippen LogP contribution in [0.5, 0.6) is 0 Å². The van der Waals surface area contributed by atoms with Crippen LogP contribution in [-0.2, 0) is 13.0 Å². The lowest BCUT2D eigenvalue weighted by molar-refractivity contribution is 0.318. The molecule has 21 heavy (non-hydrogen) atoms. The van der Waals surface area contributed by atoms with Gasteiger partial charge in [0.25, 0.3) is 0 Å². The molecule has 0 bridgehead atoms. The number of para-hydroxylation sites is 1. The Bertz CT molecular complexity index is 669. The minimum absolute atomic E-state index is 0.0379. The third-order valence-electron chi connectivity index (χ3n) is 3.77. The lowest BCUT2D eigenvalue weighted by Crippen LogP contribution is -2.29. The largest absolute Gasteiger partial charge is 0.409 e. The van der Waals surface area contributed by atoms with Crippen molar-refractivity contribution < 1.29 is 5.21 Å². The van der Waals surface area contributed by atoms with Gasteiger partial charge in [0.15, 0.2) is 5.84 Å². The standard InChI is InChI=1S/C16H18N4O/c17-16(19-21)14-10-12(7-8-18-14)11-20-9-3-5-13-4-1-2-6-15(13)20/h1-2,4,6-8,10,21H,3,5,9,11H2,(H2,17,19). The summed E-state index contributed by atoms with van der Waals surface area (Å²) in [6.07, 6.45) is 3.99. The smallest absolute Gasteiger partial charge is 0.188 e. The molecule has 0 radical (unpaired) electrons. The van der Waals surface area contributed by atoms with E-state index in [1.165, 1.54) is 11.3 Å². The van der Waals surface area contributed by atoms with Crippen molar-refractivity contribution in [3.63, 3.8) is 0 Å². The molecule has 2 aromatic rings. The fraction of sp³-hybridized carbons (Fsp3) is 0.250. The summed E-state index contributed by atoms with van der Waals surface area (Å²) < 4.78 is 0. The molecule has 0 aliphatic carbocycles. The summed E-state index contributed by atoms with van der Waals surface area (Å²) in [6, 6.07) is 12.4. The minimum atomic E-state index is 0.0379. The van der Waals surface area contributed by atoms with E-state index in [0.29, 0.717) is 5.69 Å². The number of nitrogens with two attached hydrogens (primary N) is 1. The molecule has 0 unspecified atom stereocenters. The van der Waals surface area contributed by atoms with E-state index >= 15 is 0 Å². The zero-order chi connectivity index (χ0) is 14.7. The van der Waals surface area contributed by atoms with Crippen LogP contribution in [0.15, 0.2) is 47.8 Å². The van der Waals surface area contributed by atoms with Crippen LogP contribution in [0.4, 0.5) is 5.69 Å². The third-order valence-corrected chi connectivity index (χ3v) is 3.77. The van der Waals surface area contributed by atoms with E-state index in [-0.39, 0.29) is 5.84 Å². The molecule has 0 saturated carbocycles. The molecule has 0 saturated heterocycles. The number of hydrogen-bond acceptors (Lipinski definition) is 4. The number of benzene rings is 1. The van der Waals surface area contributed by atoms with Gasteiger partial charge in [0.1, 0.15) is 5.69 Å². The topological polar surface area (TPSA) is 74.7 Å². The van der Waals surface area contributed by atoms with Crippen LogP contribution in [0.2, 0.25) is 0 Å². The van der Waals surface area contributed by atoms with Gasteiger partial charge in [-0.15, -0.1) is 0 Å². The lowest BCUT2D eigenvalue weighted by atomic mass is 10.0. The molecule has 0 amide bonds. The van der Waals surface area contributed by atoms with E-state index in [1.54, 1.807) is 6.20 Å². The number of rotatable bonds is 3. The van der Waals surface area contributed by atoms with Crippen LogP contribution in [0.25, 0.3) is 0 Å². The van der Waals surface area contributed by atoms with Crippen molar-refractivity contribution in [1.29, 1.82) is 0 Å². The highest BCUT2D eigenvalue weighted by molar-refractivity contribution is 5.95. The third kappa shape index (κ3) is 2.81. The average molecular weight is 282 g/mol. The molecule has 108 valence electrons. The van der Waals surface area contributed by atoms with Gasteiger partial charge in [0.2, 0.25) is 0 Å². The van der Waals surface area contributed by atoms with Crippen LogP contribution in [0, 0.1) is 0 Å². The molecule has 3 N–H and O–H groups in total. The molecular formula is C16H18N4O. The fourth-order valence-corrected chi connectivity index (χ4v) is 2.76. The van der Waals surface area contributed by atoms with Crippen LogP contribution in [0.3, 0.4) is 0 Å². The Balaban J connectivity index is 1.85. The number of amidine groups is 1. The van der Waals surface area contributed by atoms with E-state index in [4.69, 9.17) is 10.9 Å². The van der Waals surface area contributed by atoms with E-state index in [2.05, 4.69) is 39.3 Å². The average Bonchev–Trinajstić information content (AvgIpc) is 2.55. The highest BCUT2D eigenvalue weighted by Crippen LogP contribution is 2.27. The maximum Gasteiger partial charge on any atom is 0.188 e. The van der Waals surface area contributed by atoms with E-state index in [9.17, 15) is 0 Å². The Kier molecular flexibility index (Phi) is 3.73. The van der Waals surface area contributed by atoms with Crippen molar-refractivity contribution in [2.75, 3.05) is 11.4 Å². The van der Waals surface area contributed by atoms with E-state index in [1.807, 2.05) is 12.1 Å². The highest BCUT2D eigenvalue weighted by Gasteiger charge is 2.16. The van der Waals surface area contributed by atoms with Gasteiger partial charge >= 0.3 is 0 Å². The summed E-state index contributed by atoms with van der Waals surface area (Å²) >= 11 is 0. The van der Waals surface area contributed by atoms with Gasteiger partial charge in [-0.05, 0) is 42.2 Å². The zero-order valence-electron chi connectivity index (χ0n) is 11.7. The summed E-state index contributed by atoms with van der Waals surface area (Å²) in [5.41, 5.74) is 9.89. The molecule has 0 spiro atoms. The first-order chi connectivity index (χ1) is 10.3. The lowest BCUT2D eigenvalue weighted by Gasteiger charge is -2.31. The number of aromatic nitrogens is 1. The van der Waals surface area contributed by atoms with Crippen molar-refractivity contribution in [3.8, 4) is 0 Å². The van der Waals surface area contributed by atoms with E-state index < -0.39 is 0 Å². The number of oxime groups is 1. The second kappa shape index (κ2) is 5.83. The Morgan fingerprint density at radius 2 is 2.19 bits per heavy atom. The zero-order valence-corrected chi connectivity index (χ0v) is 11.7. The number of pyridine rings is 1. The van der Waals surface area contributed by atoms with Gasteiger partial charge in [-0.1, -0.05) is 23.4 Å². The predicted molar refractivity (Wildman–Crippen MR) is 82.6 cm³/mol. The predicted octanol–water partition coefficient (Wildman–Crippen LogP) is 2.13. The number of nitrogens with zero attached hydrogens (tertiary/aromatic N) is 3. The van der Waals surface area contributed by atoms with Gasteiger partial charge in [-0.3, -0.25) is 4.98 Å². The van der Waals surface area contributed by atoms with Gasteiger partial charge in [0, 0.05) is 25.0 Å². The molecule has 1 aromatic heterocycles. The molecule has 1 aliphatic heterocycles. The number of hydrogen-bond donors (Lipinski definition) is 2. The normalized spacial score (nSPS) is 14.9. The minimum Gasteiger partial charge on any atom is -0.409 e. The summed E-state index contributed by atoms with van der Waals surface area (Å²) in [5, 5.41) is 11.7. The molecule has 0 fully saturated rings. The number of anilines is 1. The second-order valence-corrected chi connectivity index (χ2v) is 5.19. The quantitative estimate of drug-likeness (QED) is 0.391. The van der Waals surface area contributed by atoms with Crippen LogP contribution < -0.4 is 10.6 Å². The van der Waals surface area contributed by atoms with Gasteiger partial charge in [-0.25, -0.2) is 0 Å². The summed E-state index contributed by atoms with van der Waals surface area (Å²) in [6.45, 7) is 1.84. The molecular weight excluding hydrogens is 264 g/mol. The number of aryl methyl sites for hydroxylation is 1. The molecule has 3 rings (SSSR count). The Morgan fingerprint density at radius 1 is 1.33 bits per heavy atom. The summed E-state index contributed by atoms with van der Waals surface area (Å²) in [5.74, 6) is 0.0379. The Hall–Kier alpha value is -2.56. The van der Waals surface area contributed by atoms with Crippen molar-refractivity contribution >= 4 is 11.5 Å². The van der Waals surface area contributed by atoms with Gasteiger partial charge in [0.05, 0.1) is 0 Å². The Labute approximate surface area is 123 Å². The Morgan fingerprint density at radius 3 is 3.05 bits per heavy atom. The first-order valence-corrected chi connectivity index (χ1v) is 7.03.